The van der Waals surface area contributed by atoms with Gasteiger partial charge in [0.1, 0.15) is 0 Å². The molecule has 0 atom stereocenters. The Morgan fingerprint density at radius 3 is 2.44 bits per heavy atom. The summed E-state index contributed by atoms with van der Waals surface area (Å²) in [5.41, 5.74) is 0. The van der Waals surface area contributed by atoms with Crippen LogP contribution in [0.4, 0.5) is 0 Å². The second kappa shape index (κ2) is 4.77. The molecule has 55 valence electrons. The number of hydrogen-bond acceptors (Lipinski definition) is 2. The molecule has 0 spiro atoms. The summed E-state index contributed by atoms with van der Waals surface area (Å²) in [6.07, 6.45) is 1.06. The van der Waals surface area contributed by atoms with Gasteiger partial charge in [0.25, 0.3) is 0 Å². The highest BCUT2D eigenvalue weighted by molar-refractivity contribution is 4.50. The second-order valence-corrected chi connectivity index (χ2v) is 2.55. The first kappa shape index (κ1) is 8.92. The van der Waals surface area contributed by atoms with Crippen LogP contribution < -0.4 is 0 Å². The summed E-state index contributed by atoms with van der Waals surface area (Å²) in [5, 5.41) is 8.56. The number of aliphatic hydroxyl groups is 1. The minimum Gasteiger partial charge on any atom is -0.362 e. The van der Waals surface area contributed by atoms with E-state index in [2.05, 4.69) is 13.8 Å². The molecule has 0 aromatic rings. The Labute approximate surface area is 56.8 Å². The lowest BCUT2D eigenvalue weighted by molar-refractivity contribution is 0.0106. The van der Waals surface area contributed by atoms with Crippen molar-refractivity contribution in [2.24, 2.45) is 5.92 Å². The lowest BCUT2D eigenvalue weighted by Gasteiger charge is -2.06. The van der Waals surface area contributed by atoms with Gasteiger partial charge in [-0.05, 0) is 19.3 Å². The minimum atomic E-state index is 0.0654. The molecule has 0 bridgehead atoms. The molecular formula is C7H15O2. The molecule has 0 aromatic carbocycles. The zero-order chi connectivity index (χ0) is 7.28. The number of rotatable bonds is 4. The average molecular weight is 131 g/mol. The van der Waals surface area contributed by atoms with E-state index in [9.17, 15) is 0 Å². The molecule has 2 nitrogen and oxygen atoms in total. The van der Waals surface area contributed by atoms with Crippen molar-refractivity contribution < 1.29 is 9.84 Å². The van der Waals surface area contributed by atoms with Gasteiger partial charge < -0.3 is 9.84 Å². The maximum absolute atomic E-state index is 8.56. The molecule has 0 fully saturated rings. The zero-order valence-electron chi connectivity index (χ0n) is 6.35. The van der Waals surface area contributed by atoms with Crippen molar-refractivity contribution in [3.8, 4) is 0 Å². The molecule has 1 N–H and O–H groups in total. The van der Waals surface area contributed by atoms with Crippen LogP contribution in [-0.2, 0) is 4.74 Å². The first-order chi connectivity index (χ1) is 4.13. The van der Waals surface area contributed by atoms with Crippen molar-refractivity contribution >= 4 is 0 Å². The summed E-state index contributed by atoms with van der Waals surface area (Å²) in [4.78, 5) is 0. The molecule has 9 heavy (non-hydrogen) atoms. The first-order valence-corrected chi connectivity index (χ1v) is 3.28. The van der Waals surface area contributed by atoms with E-state index < -0.39 is 0 Å². The fourth-order valence-corrected chi connectivity index (χ4v) is 0.442. The van der Waals surface area contributed by atoms with E-state index in [0.717, 1.165) is 6.42 Å². The van der Waals surface area contributed by atoms with Crippen molar-refractivity contribution in [3.63, 3.8) is 0 Å². The zero-order valence-corrected chi connectivity index (χ0v) is 6.35. The highest BCUT2D eigenvalue weighted by Crippen LogP contribution is 2.02. The normalized spacial score (nSPS) is 11.3. The SMILES string of the molecule is C[C](O)OCCC(C)C. The predicted octanol–water partition coefficient (Wildman–Crippen LogP) is 1.93. The summed E-state index contributed by atoms with van der Waals surface area (Å²) in [6, 6.07) is 0. The van der Waals surface area contributed by atoms with E-state index in [1.165, 1.54) is 0 Å². The van der Waals surface area contributed by atoms with Gasteiger partial charge >= 0.3 is 0 Å². The lowest BCUT2D eigenvalue weighted by atomic mass is 10.1. The minimum absolute atomic E-state index is 0.0654. The molecule has 1 radical (unpaired) electrons. The molecule has 0 aliphatic heterocycles. The van der Waals surface area contributed by atoms with Gasteiger partial charge in [0.15, 0.2) is 0 Å². The lowest BCUT2D eigenvalue weighted by Crippen LogP contribution is -2.01. The Kier molecular flexibility index (Phi) is 4.72. The van der Waals surface area contributed by atoms with E-state index in [1.807, 2.05) is 0 Å². The third-order valence-corrected chi connectivity index (χ3v) is 1.01. The maximum Gasteiger partial charge on any atom is 0.217 e. The van der Waals surface area contributed by atoms with Crippen LogP contribution in [0.3, 0.4) is 0 Å². The van der Waals surface area contributed by atoms with Crippen LogP contribution in [0.5, 0.6) is 0 Å². The smallest absolute Gasteiger partial charge is 0.217 e. The van der Waals surface area contributed by atoms with Crippen LogP contribution in [0.2, 0.25) is 0 Å². The fourth-order valence-electron chi connectivity index (χ4n) is 0.442. The molecular weight excluding hydrogens is 116 g/mol. The third-order valence-electron chi connectivity index (χ3n) is 1.01. The Bertz CT molecular complexity index is 51.9. The molecule has 0 amide bonds. The Hall–Kier alpha value is -0.0800. The molecule has 0 aliphatic carbocycles. The molecule has 2 heteroatoms. The molecule has 0 aliphatic rings. The number of aliphatic hydroxyl groups excluding tert-OH is 1. The van der Waals surface area contributed by atoms with E-state index in [-0.39, 0.29) is 6.29 Å². The quantitative estimate of drug-likeness (QED) is 0.631. The predicted molar refractivity (Wildman–Crippen MR) is 36.3 cm³/mol. The Balaban J connectivity index is 2.91. The highest BCUT2D eigenvalue weighted by atomic mass is 16.6. The van der Waals surface area contributed by atoms with Crippen molar-refractivity contribution in [1.82, 2.24) is 0 Å². The Morgan fingerprint density at radius 2 is 2.11 bits per heavy atom. The van der Waals surface area contributed by atoms with Gasteiger partial charge in [-0.2, -0.15) is 0 Å². The standard InChI is InChI=1S/C7H15O2/c1-6(2)4-5-9-7(3)8/h6,8H,4-5H2,1-3H3. The van der Waals surface area contributed by atoms with Crippen molar-refractivity contribution in [1.29, 1.82) is 0 Å². The molecule has 0 heterocycles. The van der Waals surface area contributed by atoms with Crippen molar-refractivity contribution in [3.05, 3.63) is 6.29 Å². The van der Waals surface area contributed by atoms with E-state index >= 15 is 0 Å². The highest BCUT2D eigenvalue weighted by Gasteiger charge is 1.97. The monoisotopic (exact) mass is 131 g/mol. The van der Waals surface area contributed by atoms with Crippen molar-refractivity contribution in [2.75, 3.05) is 6.61 Å². The van der Waals surface area contributed by atoms with Crippen LogP contribution in [0.15, 0.2) is 0 Å². The summed E-state index contributed by atoms with van der Waals surface area (Å²) in [6.45, 7) is 6.41. The molecule has 0 saturated carbocycles. The Morgan fingerprint density at radius 1 is 1.56 bits per heavy atom. The average Bonchev–Trinajstić information content (AvgIpc) is 1.63. The summed E-state index contributed by atoms with van der Waals surface area (Å²) in [5.74, 6) is 0.643. The maximum atomic E-state index is 8.56. The van der Waals surface area contributed by atoms with Crippen LogP contribution in [0.25, 0.3) is 0 Å². The molecule has 0 rings (SSSR count). The van der Waals surface area contributed by atoms with Gasteiger partial charge in [-0.15, -0.1) is 0 Å². The van der Waals surface area contributed by atoms with Crippen LogP contribution in [0, 0.1) is 12.2 Å². The summed E-state index contributed by atoms with van der Waals surface area (Å²) in [7, 11) is 0. The fraction of sp³-hybridized carbons (Fsp3) is 0.857. The van der Waals surface area contributed by atoms with Crippen molar-refractivity contribution in [2.45, 2.75) is 27.2 Å². The van der Waals surface area contributed by atoms with Crippen LogP contribution >= 0.6 is 0 Å². The topological polar surface area (TPSA) is 29.5 Å². The molecule has 0 unspecified atom stereocenters. The van der Waals surface area contributed by atoms with Gasteiger partial charge in [-0.1, -0.05) is 13.8 Å². The number of hydrogen-bond donors (Lipinski definition) is 1. The largest absolute Gasteiger partial charge is 0.362 e. The summed E-state index contributed by atoms with van der Waals surface area (Å²) >= 11 is 0. The first-order valence-electron chi connectivity index (χ1n) is 3.28. The number of ether oxygens (including phenoxy) is 1. The van der Waals surface area contributed by atoms with E-state index in [4.69, 9.17) is 9.84 Å². The van der Waals surface area contributed by atoms with Crippen LogP contribution in [0.1, 0.15) is 27.2 Å². The molecule has 0 saturated heterocycles. The van der Waals surface area contributed by atoms with Gasteiger partial charge in [-0.25, -0.2) is 0 Å². The van der Waals surface area contributed by atoms with Gasteiger partial charge in [-0.3, -0.25) is 0 Å². The van der Waals surface area contributed by atoms with Gasteiger partial charge in [0, 0.05) is 0 Å². The van der Waals surface area contributed by atoms with Crippen LogP contribution in [-0.4, -0.2) is 11.7 Å². The van der Waals surface area contributed by atoms with E-state index in [0.29, 0.717) is 12.5 Å². The summed E-state index contributed by atoms with van der Waals surface area (Å²) < 4.78 is 4.82. The van der Waals surface area contributed by atoms with Gasteiger partial charge in [0.2, 0.25) is 6.29 Å². The van der Waals surface area contributed by atoms with E-state index in [1.54, 1.807) is 6.92 Å². The molecule has 0 aromatic heterocycles. The second-order valence-electron chi connectivity index (χ2n) is 2.55. The third kappa shape index (κ3) is 7.92. The van der Waals surface area contributed by atoms with Gasteiger partial charge in [0.05, 0.1) is 6.61 Å².